The first kappa shape index (κ1) is 28.8. The van der Waals surface area contributed by atoms with Crippen LogP contribution in [0.25, 0.3) is 10.9 Å². The van der Waals surface area contributed by atoms with E-state index < -0.39 is 22.6 Å². The molecule has 4 rings (SSSR count). The summed E-state index contributed by atoms with van der Waals surface area (Å²) >= 11 is 0. The Morgan fingerprint density at radius 1 is 1.05 bits per heavy atom. The van der Waals surface area contributed by atoms with Crippen LogP contribution in [-0.4, -0.2) is 63.0 Å². The smallest absolute Gasteiger partial charge is 0.382 e. The zero-order valence-electron chi connectivity index (χ0n) is 22.7. The van der Waals surface area contributed by atoms with Crippen molar-refractivity contribution in [3.63, 3.8) is 0 Å². The summed E-state index contributed by atoms with van der Waals surface area (Å²) in [5, 5.41) is 7.43. The SMILES string of the molecule is Cc1cc(S(C)(=O)=O)ccc1NCC#Cc1cc2c(N[C@H]3CC[C@@H](N(C)C)CC3)cccc2n1CC(F)(F)F. The molecular weight excluding hydrogens is 525 g/mol. The molecule has 0 amide bonds. The molecule has 6 nitrogen and oxygen atoms in total. The van der Waals surface area contributed by atoms with Crippen molar-refractivity contribution in [2.75, 3.05) is 37.5 Å². The molecule has 0 bridgehead atoms. The van der Waals surface area contributed by atoms with Gasteiger partial charge in [-0.25, -0.2) is 8.42 Å². The third kappa shape index (κ3) is 7.28. The topological polar surface area (TPSA) is 66.4 Å². The Hall–Kier alpha value is -3.16. The van der Waals surface area contributed by atoms with Gasteiger partial charge in [0.2, 0.25) is 0 Å². The van der Waals surface area contributed by atoms with Crippen molar-refractivity contribution in [2.45, 2.75) is 62.3 Å². The maximum atomic E-state index is 13.5. The van der Waals surface area contributed by atoms with E-state index in [9.17, 15) is 21.6 Å². The summed E-state index contributed by atoms with van der Waals surface area (Å²) in [6.07, 6.45) is 0.923. The summed E-state index contributed by atoms with van der Waals surface area (Å²) in [4.78, 5) is 2.48. The van der Waals surface area contributed by atoms with Gasteiger partial charge in [0.1, 0.15) is 6.54 Å². The second kappa shape index (κ2) is 11.5. The van der Waals surface area contributed by atoms with Crippen LogP contribution in [0.3, 0.4) is 0 Å². The normalized spacial score (nSPS) is 18.2. The van der Waals surface area contributed by atoms with Crippen LogP contribution in [0.2, 0.25) is 0 Å². The Morgan fingerprint density at radius 3 is 2.38 bits per heavy atom. The van der Waals surface area contributed by atoms with Crippen molar-refractivity contribution < 1.29 is 21.6 Å². The molecule has 1 heterocycles. The number of sulfone groups is 1. The molecule has 10 heteroatoms. The lowest BCUT2D eigenvalue weighted by atomic mass is 9.90. The predicted octanol–water partition coefficient (Wildman–Crippen LogP) is 5.66. The van der Waals surface area contributed by atoms with Gasteiger partial charge in [-0.1, -0.05) is 12.0 Å². The van der Waals surface area contributed by atoms with Gasteiger partial charge in [-0.2, -0.15) is 13.2 Å². The van der Waals surface area contributed by atoms with E-state index in [0.29, 0.717) is 22.9 Å². The molecule has 210 valence electrons. The molecule has 0 saturated heterocycles. The molecule has 1 aromatic heterocycles. The van der Waals surface area contributed by atoms with Gasteiger partial charge in [0.05, 0.1) is 22.7 Å². The average molecular weight is 561 g/mol. The lowest BCUT2D eigenvalue weighted by molar-refractivity contribution is -0.140. The monoisotopic (exact) mass is 560 g/mol. The Balaban J connectivity index is 1.56. The van der Waals surface area contributed by atoms with Crippen molar-refractivity contribution >= 4 is 32.1 Å². The highest BCUT2D eigenvalue weighted by molar-refractivity contribution is 7.90. The summed E-state index contributed by atoms with van der Waals surface area (Å²) < 4.78 is 65.3. The van der Waals surface area contributed by atoms with E-state index in [1.807, 2.05) is 6.07 Å². The van der Waals surface area contributed by atoms with Gasteiger partial charge < -0.3 is 20.1 Å². The first-order chi connectivity index (χ1) is 18.3. The van der Waals surface area contributed by atoms with Crippen LogP contribution < -0.4 is 10.6 Å². The van der Waals surface area contributed by atoms with Crippen LogP contribution in [0.1, 0.15) is 36.9 Å². The molecular formula is C29H35F3N4O2S. The number of nitrogens with one attached hydrogen (secondary N) is 2. The van der Waals surface area contributed by atoms with E-state index in [1.165, 1.54) is 10.6 Å². The van der Waals surface area contributed by atoms with Gasteiger partial charge in [0, 0.05) is 35.1 Å². The van der Waals surface area contributed by atoms with Gasteiger partial charge in [-0.05, 0) is 94.6 Å². The highest BCUT2D eigenvalue weighted by atomic mass is 32.2. The number of benzene rings is 2. The molecule has 1 aliphatic rings. The van der Waals surface area contributed by atoms with Crippen molar-refractivity contribution in [1.82, 2.24) is 9.47 Å². The number of aromatic nitrogens is 1. The molecule has 1 aliphatic carbocycles. The number of alkyl halides is 3. The second-order valence-electron chi connectivity index (χ2n) is 10.5. The number of rotatable bonds is 7. The van der Waals surface area contributed by atoms with Crippen molar-refractivity contribution in [2.24, 2.45) is 0 Å². The lowest BCUT2D eigenvalue weighted by Gasteiger charge is -2.33. The second-order valence-corrected chi connectivity index (χ2v) is 12.5. The number of hydrogen-bond donors (Lipinski definition) is 2. The predicted molar refractivity (Wildman–Crippen MR) is 151 cm³/mol. The Labute approximate surface area is 228 Å². The number of nitrogens with zero attached hydrogens (tertiary/aromatic N) is 2. The fourth-order valence-electron chi connectivity index (χ4n) is 5.16. The number of anilines is 2. The number of fused-ring (bicyclic) bond motifs is 1. The third-order valence-electron chi connectivity index (χ3n) is 7.28. The number of hydrogen-bond acceptors (Lipinski definition) is 5. The lowest BCUT2D eigenvalue weighted by Crippen LogP contribution is -2.36. The molecule has 0 aliphatic heterocycles. The average Bonchev–Trinajstić information content (AvgIpc) is 3.19. The van der Waals surface area contributed by atoms with E-state index in [4.69, 9.17) is 0 Å². The van der Waals surface area contributed by atoms with Crippen molar-refractivity contribution in [1.29, 1.82) is 0 Å². The summed E-state index contributed by atoms with van der Waals surface area (Å²) in [5.41, 5.74) is 3.05. The van der Waals surface area contributed by atoms with Crippen molar-refractivity contribution in [3.05, 3.63) is 53.7 Å². The Kier molecular flexibility index (Phi) is 8.52. The van der Waals surface area contributed by atoms with Gasteiger partial charge >= 0.3 is 6.18 Å². The Bertz CT molecular complexity index is 1490. The summed E-state index contributed by atoms with van der Waals surface area (Å²) in [5.74, 6) is 5.85. The minimum absolute atomic E-state index is 0.187. The largest absolute Gasteiger partial charge is 0.406 e. The molecule has 39 heavy (non-hydrogen) atoms. The number of halogens is 3. The zero-order valence-corrected chi connectivity index (χ0v) is 23.5. The van der Waals surface area contributed by atoms with Crippen LogP contribution in [0.4, 0.5) is 24.5 Å². The minimum atomic E-state index is -4.40. The first-order valence-electron chi connectivity index (χ1n) is 13.0. The molecule has 1 saturated carbocycles. The molecule has 1 fully saturated rings. The van der Waals surface area contributed by atoms with E-state index in [0.717, 1.165) is 48.6 Å². The van der Waals surface area contributed by atoms with E-state index >= 15 is 0 Å². The van der Waals surface area contributed by atoms with Crippen molar-refractivity contribution in [3.8, 4) is 11.8 Å². The van der Waals surface area contributed by atoms with Crippen LogP contribution in [0.5, 0.6) is 0 Å². The standard InChI is InChI=1S/C29H35F3N4O2S/c1-20-17-24(39(4,37)38)14-15-26(20)33-16-6-7-23-18-25-27(34-21-10-12-22(13-11-21)35(2)3)8-5-9-28(25)36(23)19-29(30,31)32/h5,8-9,14-15,17-18,21-22,33-34H,10-13,16,19H2,1-4H3/t21-,22+. The maximum Gasteiger partial charge on any atom is 0.406 e. The molecule has 0 atom stereocenters. The van der Waals surface area contributed by atoms with Gasteiger partial charge in [0.15, 0.2) is 9.84 Å². The van der Waals surface area contributed by atoms with Gasteiger partial charge in [-0.3, -0.25) is 0 Å². The summed E-state index contributed by atoms with van der Waals surface area (Å²) in [6.45, 7) is 0.845. The fourth-order valence-corrected chi connectivity index (χ4v) is 5.87. The fraction of sp³-hybridized carbons (Fsp3) is 0.448. The molecule has 2 N–H and O–H groups in total. The molecule has 0 spiro atoms. The van der Waals surface area contributed by atoms with Gasteiger partial charge in [0.25, 0.3) is 0 Å². The highest BCUT2D eigenvalue weighted by Crippen LogP contribution is 2.32. The van der Waals surface area contributed by atoms with Crippen LogP contribution >= 0.6 is 0 Å². The minimum Gasteiger partial charge on any atom is -0.382 e. The quantitative estimate of drug-likeness (QED) is 0.365. The third-order valence-corrected chi connectivity index (χ3v) is 8.39. The molecule has 2 aromatic carbocycles. The van der Waals surface area contributed by atoms with E-state index in [1.54, 1.807) is 37.3 Å². The molecule has 0 unspecified atom stereocenters. The van der Waals surface area contributed by atoms with E-state index in [2.05, 4.69) is 41.5 Å². The maximum absolute atomic E-state index is 13.5. The Morgan fingerprint density at radius 2 is 1.77 bits per heavy atom. The van der Waals surface area contributed by atoms with Crippen LogP contribution in [0, 0.1) is 18.8 Å². The molecule has 0 radical (unpaired) electrons. The first-order valence-corrected chi connectivity index (χ1v) is 14.9. The molecule has 3 aromatic rings. The zero-order chi connectivity index (χ0) is 28.4. The van der Waals surface area contributed by atoms with Gasteiger partial charge in [-0.15, -0.1) is 0 Å². The van der Waals surface area contributed by atoms with Crippen LogP contribution in [0.15, 0.2) is 47.4 Å². The summed E-state index contributed by atoms with van der Waals surface area (Å²) in [6, 6.07) is 12.7. The van der Waals surface area contributed by atoms with Crippen LogP contribution in [-0.2, 0) is 16.4 Å². The number of aryl methyl sites for hydroxylation is 1. The highest BCUT2D eigenvalue weighted by Gasteiger charge is 2.30. The van der Waals surface area contributed by atoms with E-state index in [-0.39, 0.29) is 17.5 Å². The summed E-state index contributed by atoms with van der Waals surface area (Å²) in [7, 11) is 0.875.